The monoisotopic (exact) mass is 434 g/mol. The van der Waals surface area contributed by atoms with Gasteiger partial charge in [0.25, 0.3) is 5.91 Å². The first kappa shape index (κ1) is 20.6. The molecule has 2 aromatic carbocycles. The number of hydrogen-bond donors (Lipinski definition) is 2. The first-order valence-corrected chi connectivity index (χ1v) is 8.84. The Morgan fingerprint density at radius 3 is 2.31 bits per heavy atom. The molecular formula is C17H14Cl4N2O3. The Balaban J connectivity index is 2.16. The van der Waals surface area contributed by atoms with Crippen LogP contribution in [0.4, 0.5) is 5.69 Å². The summed E-state index contributed by atoms with van der Waals surface area (Å²) >= 11 is 23.6. The molecule has 0 heterocycles. The number of nitrogens with one attached hydrogen (secondary N) is 2. The van der Waals surface area contributed by atoms with Crippen molar-refractivity contribution in [3.8, 4) is 5.75 Å². The van der Waals surface area contributed by atoms with Crippen molar-refractivity contribution < 1.29 is 14.3 Å². The largest absolute Gasteiger partial charge is 0.466 e. The molecule has 138 valence electrons. The molecule has 0 saturated carbocycles. The van der Waals surface area contributed by atoms with Crippen molar-refractivity contribution in [3.63, 3.8) is 0 Å². The lowest BCUT2D eigenvalue weighted by atomic mass is 10.2. The van der Waals surface area contributed by atoms with Gasteiger partial charge in [0.15, 0.2) is 0 Å². The predicted octanol–water partition coefficient (Wildman–Crippen LogP) is 4.80. The van der Waals surface area contributed by atoms with Crippen molar-refractivity contribution in [1.82, 2.24) is 5.32 Å². The predicted molar refractivity (Wildman–Crippen MR) is 104 cm³/mol. The average Bonchev–Trinajstić information content (AvgIpc) is 2.53. The lowest BCUT2D eigenvalue weighted by Crippen LogP contribution is -2.47. The Morgan fingerprint density at radius 2 is 1.73 bits per heavy atom. The molecular weight excluding hydrogens is 422 g/mol. The highest BCUT2D eigenvalue weighted by Crippen LogP contribution is 2.32. The summed E-state index contributed by atoms with van der Waals surface area (Å²) in [6, 6.07) is 12.7. The van der Waals surface area contributed by atoms with Gasteiger partial charge < -0.3 is 15.4 Å². The molecule has 0 bridgehead atoms. The number of hydrogen-bond acceptors (Lipinski definition) is 3. The van der Waals surface area contributed by atoms with E-state index in [2.05, 4.69) is 10.6 Å². The van der Waals surface area contributed by atoms with Gasteiger partial charge in [0.05, 0.1) is 0 Å². The Bertz CT molecular complexity index is 791. The van der Waals surface area contributed by atoms with E-state index in [0.717, 1.165) is 0 Å². The maximum atomic E-state index is 12.3. The molecule has 9 heteroatoms. The van der Waals surface area contributed by atoms with E-state index < -0.39 is 15.9 Å². The zero-order valence-electron chi connectivity index (χ0n) is 13.4. The lowest BCUT2D eigenvalue weighted by molar-refractivity contribution is -0.114. The number of amides is 2. The first-order chi connectivity index (χ1) is 12.1. The topological polar surface area (TPSA) is 67.4 Å². The van der Waals surface area contributed by atoms with E-state index >= 15 is 0 Å². The average molecular weight is 436 g/mol. The van der Waals surface area contributed by atoms with Crippen LogP contribution in [0.25, 0.3) is 0 Å². The molecule has 0 saturated heterocycles. The molecule has 0 radical (unpaired) electrons. The molecule has 2 aromatic rings. The number of carbonyl (C=O) groups excluding carboxylic acids is 2. The number of benzene rings is 2. The number of alkyl halides is 3. The fraction of sp³-hybridized carbons (Fsp3) is 0.176. The molecule has 0 aliphatic carbocycles. The van der Waals surface area contributed by atoms with E-state index in [4.69, 9.17) is 51.1 Å². The summed E-state index contributed by atoms with van der Waals surface area (Å²) in [7, 11) is 0. The summed E-state index contributed by atoms with van der Waals surface area (Å²) in [6.07, 6.45) is -1.27. The van der Waals surface area contributed by atoms with Gasteiger partial charge in [-0.2, -0.15) is 0 Å². The van der Waals surface area contributed by atoms with Crippen molar-refractivity contribution in [3.05, 3.63) is 59.1 Å². The zero-order valence-corrected chi connectivity index (χ0v) is 16.5. The summed E-state index contributed by atoms with van der Waals surface area (Å²) in [6.45, 7) is 1.38. The van der Waals surface area contributed by atoms with Crippen molar-refractivity contribution >= 4 is 63.9 Å². The number of ether oxygens (including phenoxy) is 1. The van der Waals surface area contributed by atoms with Crippen molar-refractivity contribution in [2.75, 3.05) is 5.32 Å². The third-order valence-corrected chi connectivity index (χ3v) is 3.92. The van der Waals surface area contributed by atoms with Crippen LogP contribution in [0.5, 0.6) is 5.75 Å². The summed E-state index contributed by atoms with van der Waals surface area (Å²) < 4.78 is 3.67. The highest BCUT2D eigenvalue weighted by atomic mass is 35.6. The third kappa shape index (κ3) is 6.25. The molecule has 0 aliphatic heterocycles. The quantitative estimate of drug-likeness (QED) is 0.523. The molecule has 2 rings (SSSR count). The minimum Gasteiger partial charge on any atom is -0.466 e. The molecule has 1 atom stereocenters. The van der Waals surface area contributed by atoms with Crippen LogP contribution in [0.1, 0.15) is 17.3 Å². The maximum absolute atomic E-state index is 12.3. The van der Waals surface area contributed by atoms with Gasteiger partial charge in [0.2, 0.25) is 15.9 Å². The number of anilines is 1. The second-order valence-corrected chi connectivity index (χ2v) is 8.03. The van der Waals surface area contributed by atoms with Crippen LogP contribution in [0.3, 0.4) is 0 Å². The number of rotatable bonds is 5. The van der Waals surface area contributed by atoms with Crippen LogP contribution in [0.2, 0.25) is 5.02 Å². The van der Waals surface area contributed by atoms with Crippen LogP contribution in [0.15, 0.2) is 48.5 Å². The third-order valence-electron chi connectivity index (χ3n) is 3.07. The van der Waals surface area contributed by atoms with Gasteiger partial charge in [-0.15, -0.1) is 0 Å². The van der Waals surface area contributed by atoms with Crippen molar-refractivity contribution in [2.45, 2.75) is 16.9 Å². The van der Waals surface area contributed by atoms with Crippen molar-refractivity contribution in [2.24, 2.45) is 0 Å². The Labute approximate surface area is 170 Å². The highest BCUT2D eigenvalue weighted by Gasteiger charge is 2.36. The molecule has 0 unspecified atom stereocenters. The lowest BCUT2D eigenvalue weighted by Gasteiger charge is -2.26. The number of carbonyl (C=O) groups is 2. The van der Waals surface area contributed by atoms with Gasteiger partial charge in [-0.05, 0) is 36.4 Å². The van der Waals surface area contributed by atoms with Crippen LogP contribution < -0.4 is 15.4 Å². The maximum Gasteiger partial charge on any atom is 0.254 e. The highest BCUT2D eigenvalue weighted by molar-refractivity contribution is 6.68. The van der Waals surface area contributed by atoms with Gasteiger partial charge in [0, 0.05) is 29.3 Å². The Hall–Kier alpha value is -1.66. The summed E-state index contributed by atoms with van der Waals surface area (Å²) in [5.41, 5.74) is 0.825. The minimum absolute atomic E-state index is 0.240. The molecule has 0 fully saturated rings. The fourth-order valence-corrected chi connectivity index (χ4v) is 2.39. The summed E-state index contributed by atoms with van der Waals surface area (Å²) in [5, 5.41) is 5.62. The standard InChI is InChI=1S/C17H14Cl4N2O3/c1-10(24)22-13-3-2-4-14(9-13)26-16(17(19,20)21)23-15(25)11-5-7-12(18)8-6-11/h2-9,16H,1H3,(H,22,24)(H,23,25)/t16-/m1/s1. The number of halogens is 4. The van der Waals surface area contributed by atoms with E-state index in [0.29, 0.717) is 22.0 Å². The van der Waals surface area contributed by atoms with Crippen LogP contribution in [-0.4, -0.2) is 21.8 Å². The van der Waals surface area contributed by atoms with Gasteiger partial charge in [0.1, 0.15) is 5.75 Å². The summed E-state index contributed by atoms with van der Waals surface area (Å²) in [5.74, 6) is -0.448. The van der Waals surface area contributed by atoms with Crippen molar-refractivity contribution in [1.29, 1.82) is 0 Å². The molecule has 5 nitrogen and oxygen atoms in total. The van der Waals surface area contributed by atoms with Crippen LogP contribution in [-0.2, 0) is 4.79 Å². The first-order valence-electron chi connectivity index (χ1n) is 7.32. The SMILES string of the molecule is CC(=O)Nc1cccc(O[C@@H](NC(=O)c2ccc(Cl)cc2)C(Cl)(Cl)Cl)c1. The van der Waals surface area contributed by atoms with Gasteiger partial charge in [-0.25, -0.2) is 0 Å². The minimum atomic E-state index is -1.94. The van der Waals surface area contributed by atoms with Crippen LogP contribution in [0, 0.1) is 0 Å². The Morgan fingerprint density at radius 1 is 1.08 bits per heavy atom. The zero-order chi connectivity index (χ0) is 19.3. The van der Waals surface area contributed by atoms with Gasteiger partial charge in [-0.1, -0.05) is 52.5 Å². The van der Waals surface area contributed by atoms with E-state index in [1.165, 1.54) is 19.1 Å². The second kappa shape index (κ2) is 8.82. The summed E-state index contributed by atoms with van der Waals surface area (Å²) in [4.78, 5) is 23.5. The van der Waals surface area contributed by atoms with Crippen LogP contribution >= 0.6 is 46.4 Å². The Kier molecular flexibility index (Phi) is 7.01. The van der Waals surface area contributed by atoms with Gasteiger partial charge >= 0.3 is 0 Å². The normalized spacial score (nSPS) is 12.2. The molecule has 2 N–H and O–H groups in total. The molecule has 0 aliphatic rings. The van der Waals surface area contributed by atoms with E-state index in [-0.39, 0.29) is 5.91 Å². The molecule has 0 spiro atoms. The van der Waals surface area contributed by atoms with Gasteiger partial charge in [-0.3, -0.25) is 9.59 Å². The second-order valence-electron chi connectivity index (χ2n) is 5.23. The van der Waals surface area contributed by atoms with E-state index in [9.17, 15) is 9.59 Å². The fourth-order valence-electron chi connectivity index (χ4n) is 1.97. The van der Waals surface area contributed by atoms with E-state index in [1.807, 2.05) is 0 Å². The smallest absolute Gasteiger partial charge is 0.254 e. The molecule has 2 amide bonds. The molecule has 0 aromatic heterocycles. The van der Waals surface area contributed by atoms with E-state index in [1.54, 1.807) is 36.4 Å². The molecule has 26 heavy (non-hydrogen) atoms.